The van der Waals surface area contributed by atoms with Gasteiger partial charge in [-0.3, -0.25) is 0 Å². The standard InChI is InChI=1S/C5H6N2O3S/c1-10-3-2(4(8)9)11-5(6)7-3/h1H3,(H2,6,7)(H,8,9). The fourth-order valence-corrected chi connectivity index (χ4v) is 1.24. The van der Waals surface area contributed by atoms with Crippen molar-refractivity contribution >= 4 is 22.4 Å². The van der Waals surface area contributed by atoms with Crippen molar-refractivity contribution in [2.45, 2.75) is 0 Å². The van der Waals surface area contributed by atoms with Gasteiger partial charge in [-0.25, -0.2) is 4.79 Å². The lowest BCUT2D eigenvalue weighted by molar-refractivity contribution is 0.0698. The van der Waals surface area contributed by atoms with E-state index in [4.69, 9.17) is 10.8 Å². The average Bonchev–Trinajstić information content (AvgIpc) is 2.30. The van der Waals surface area contributed by atoms with Crippen molar-refractivity contribution in [3.8, 4) is 5.88 Å². The van der Waals surface area contributed by atoms with Crippen molar-refractivity contribution in [2.75, 3.05) is 12.8 Å². The number of carbonyl (C=O) groups is 1. The molecule has 0 aromatic carbocycles. The Hall–Kier alpha value is -1.30. The molecule has 1 aromatic rings. The van der Waals surface area contributed by atoms with E-state index < -0.39 is 5.97 Å². The number of nitrogens with two attached hydrogens (primary N) is 1. The summed E-state index contributed by atoms with van der Waals surface area (Å²) < 4.78 is 4.67. The number of anilines is 1. The lowest BCUT2D eigenvalue weighted by Gasteiger charge is -1.92. The Balaban J connectivity index is 3.12. The minimum Gasteiger partial charge on any atom is -0.480 e. The first-order valence-corrected chi connectivity index (χ1v) is 3.50. The van der Waals surface area contributed by atoms with E-state index in [9.17, 15) is 4.79 Å². The van der Waals surface area contributed by atoms with Crippen LogP contribution < -0.4 is 10.5 Å². The zero-order valence-corrected chi connectivity index (χ0v) is 6.51. The van der Waals surface area contributed by atoms with Gasteiger partial charge in [0.15, 0.2) is 10.0 Å². The van der Waals surface area contributed by atoms with Crippen molar-refractivity contribution in [1.29, 1.82) is 0 Å². The van der Waals surface area contributed by atoms with E-state index in [0.29, 0.717) is 0 Å². The van der Waals surface area contributed by atoms with E-state index in [-0.39, 0.29) is 15.9 Å². The highest BCUT2D eigenvalue weighted by atomic mass is 32.1. The highest BCUT2D eigenvalue weighted by Gasteiger charge is 2.16. The Morgan fingerprint density at radius 1 is 1.82 bits per heavy atom. The van der Waals surface area contributed by atoms with Gasteiger partial charge >= 0.3 is 5.97 Å². The molecular formula is C5H6N2O3S. The van der Waals surface area contributed by atoms with Crippen LogP contribution in [0.25, 0.3) is 0 Å². The Bertz CT molecular complexity index is 283. The topological polar surface area (TPSA) is 85.4 Å². The predicted molar refractivity (Wildman–Crippen MR) is 40.0 cm³/mol. The number of hydrogen-bond acceptors (Lipinski definition) is 5. The molecule has 0 aliphatic carbocycles. The lowest BCUT2D eigenvalue weighted by Crippen LogP contribution is -1.95. The second-order valence-corrected chi connectivity index (χ2v) is 2.73. The van der Waals surface area contributed by atoms with Crippen LogP contribution in [0.3, 0.4) is 0 Å². The van der Waals surface area contributed by atoms with Gasteiger partial charge in [0.2, 0.25) is 5.88 Å². The Morgan fingerprint density at radius 2 is 2.45 bits per heavy atom. The van der Waals surface area contributed by atoms with Gasteiger partial charge in [0.05, 0.1) is 7.11 Å². The number of ether oxygens (including phenoxy) is 1. The molecule has 0 aliphatic rings. The number of nitrogens with zero attached hydrogens (tertiary/aromatic N) is 1. The molecule has 1 aromatic heterocycles. The molecule has 1 rings (SSSR count). The Morgan fingerprint density at radius 3 is 2.82 bits per heavy atom. The molecule has 0 radical (unpaired) electrons. The fourth-order valence-electron chi connectivity index (χ4n) is 0.595. The molecule has 11 heavy (non-hydrogen) atoms. The summed E-state index contributed by atoms with van der Waals surface area (Å²) in [5.41, 5.74) is 5.26. The normalized spacial score (nSPS) is 9.55. The zero-order chi connectivity index (χ0) is 8.43. The van der Waals surface area contributed by atoms with Crippen LogP contribution in [0.4, 0.5) is 5.13 Å². The maximum atomic E-state index is 10.4. The number of aromatic carboxylic acids is 1. The Kier molecular flexibility index (Phi) is 1.95. The van der Waals surface area contributed by atoms with Gasteiger partial charge in [-0.1, -0.05) is 11.3 Å². The minimum absolute atomic E-state index is 0.0324. The van der Waals surface area contributed by atoms with Crippen molar-refractivity contribution in [3.63, 3.8) is 0 Å². The number of carboxylic acid groups (broad SMARTS) is 1. The maximum Gasteiger partial charge on any atom is 0.351 e. The van der Waals surface area contributed by atoms with E-state index in [1.54, 1.807) is 0 Å². The molecule has 0 bridgehead atoms. The first-order chi connectivity index (χ1) is 5.15. The summed E-state index contributed by atoms with van der Waals surface area (Å²) in [6.07, 6.45) is 0. The largest absolute Gasteiger partial charge is 0.480 e. The molecule has 0 saturated heterocycles. The monoisotopic (exact) mass is 174 g/mol. The van der Waals surface area contributed by atoms with Crippen LogP contribution in [-0.2, 0) is 0 Å². The molecule has 5 nitrogen and oxygen atoms in total. The molecule has 0 unspecified atom stereocenters. The molecule has 0 saturated carbocycles. The van der Waals surface area contributed by atoms with Crippen LogP contribution in [0.5, 0.6) is 5.88 Å². The first kappa shape index (κ1) is 7.80. The van der Waals surface area contributed by atoms with Crippen LogP contribution in [0.2, 0.25) is 0 Å². The zero-order valence-electron chi connectivity index (χ0n) is 5.70. The summed E-state index contributed by atoms with van der Waals surface area (Å²) in [5.74, 6) is -1.00. The van der Waals surface area contributed by atoms with Crippen molar-refractivity contribution in [2.24, 2.45) is 0 Å². The van der Waals surface area contributed by atoms with E-state index in [1.807, 2.05) is 0 Å². The third kappa shape index (κ3) is 1.40. The number of rotatable bonds is 2. The number of nitrogen functional groups attached to an aromatic ring is 1. The minimum atomic E-state index is -1.07. The van der Waals surface area contributed by atoms with Gasteiger partial charge in [-0.05, 0) is 0 Å². The van der Waals surface area contributed by atoms with Crippen molar-refractivity contribution in [1.82, 2.24) is 4.98 Å². The molecule has 0 fully saturated rings. The molecular weight excluding hydrogens is 168 g/mol. The highest BCUT2D eigenvalue weighted by molar-refractivity contribution is 7.17. The van der Waals surface area contributed by atoms with Crippen molar-refractivity contribution in [3.05, 3.63) is 4.88 Å². The molecule has 1 heterocycles. The van der Waals surface area contributed by atoms with Crippen molar-refractivity contribution < 1.29 is 14.6 Å². The molecule has 3 N–H and O–H groups in total. The highest BCUT2D eigenvalue weighted by Crippen LogP contribution is 2.26. The smallest absolute Gasteiger partial charge is 0.351 e. The summed E-state index contributed by atoms with van der Waals surface area (Å²) in [4.78, 5) is 14.1. The third-order valence-electron chi connectivity index (χ3n) is 1.00. The van der Waals surface area contributed by atoms with Gasteiger partial charge in [0, 0.05) is 0 Å². The van der Waals surface area contributed by atoms with Gasteiger partial charge in [0.1, 0.15) is 0 Å². The van der Waals surface area contributed by atoms with Crippen LogP contribution in [0.1, 0.15) is 9.67 Å². The van der Waals surface area contributed by atoms with Gasteiger partial charge in [-0.2, -0.15) is 4.98 Å². The first-order valence-electron chi connectivity index (χ1n) is 2.68. The molecule has 60 valence electrons. The fraction of sp³-hybridized carbons (Fsp3) is 0.200. The molecule has 0 atom stereocenters. The lowest BCUT2D eigenvalue weighted by atomic mass is 10.5. The average molecular weight is 174 g/mol. The molecule has 0 spiro atoms. The Labute approximate surface area is 66.4 Å². The number of hydrogen-bond donors (Lipinski definition) is 2. The summed E-state index contributed by atoms with van der Waals surface area (Å²) in [7, 11) is 1.35. The summed E-state index contributed by atoms with van der Waals surface area (Å²) in [5, 5.41) is 8.74. The van der Waals surface area contributed by atoms with E-state index in [2.05, 4.69) is 9.72 Å². The predicted octanol–water partition coefficient (Wildman–Crippen LogP) is 0.432. The van der Waals surface area contributed by atoms with Crippen LogP contribution in [0.15, 0.2) is 0 Å². The van der Waals surface area contributed by atoms with Crippen LogP contribution in [-0.4, -0.2) is 23.2 Å². The summed E-state index contributed by atoms with van der Waals surface area (Å²) in [6.45, 7) is 0. The second-order valence-electron chi connectivity index (χ2n) is 1.70. The number of aromatic nitrogens is 1. The van der Waals surface area contributed by atoms with Gasteiger partial charge in [-0.15, -0.1) is 0 Å². The third-order valence-corrected chi connectivity index (χ3v) is 1.85. The number of carboxylic acids is 1. The number of methoxy groups -OCH3 is 1. The molecule has 0 amide bonds. The van der Waals surface area contributed by atoms with Gasteiger partial charge in [0.25, 0.3) is 0 Å². The van der Waals surface area contributed by atoms with E-state index in [1.165, 1.54) is 7.11 Å². The number of thiazole rings is 1. The summed E-state index contributed by atoms with van der Waals surface area (Å²) in [6, 6.07) is 0. The van der Waals surface area contributed by atoms with Gasteiger partial charge < -0.3 is 15.6 Å². The molecule has 6 heteroatoms. The second kappa shape index (κ2) is 2.75. The van der Waals surface area contributed by atoms with E-state index >= 15 is 0 Å². The van der Waals surface area contributed by atoms with Crippen LogP contribution in [0, 0.1) is 0 Å². The summed E-state index contributed by atoms with van der Waals surface area (Å²) >= 11 is 0.889. The maximum absolute atomic E-state index is 10.4. The van der Waals surface area contributed by atoms with Crippen LogP contribution >= 0.6 is 11.3 Å². The quantitative estimate of drug-likeness (QED) is 0.679. The SMILES string of the molecule is COc1nc(N)sc1C(=O)O. The molecule has 0 aliphatic heterocycles. The van der Waals surface area contributed by atoms with E-state index in [0.717, 1.165) is 11.3 Å².